The lowest BCUT2D eigenvalue weighted by Gasteiger charge is -2.41. The van der Waals surface area contributed by atoms with E-state index in [2.05, 4.69) is 15.9 Å². The van der Waals surface area contributed by atoms with Crippen LogP contribution in [-0.4, -0.2) is 59.3 Å². The fraction of sp³-hybridized carbons (Fsp3) is 0.409. The molecule has 0 bridgehead atoms. The molecular weight excluding hydrogens is 389 g/mol. The SMILES string of the molecule is COc1ccc(CN2CCN(Cc3nc4ccccc4s3)CC2CCO)c(F)c1. The lowest BCUT2D eigenvalue weighted by atomic mass is 10.1. The van der Waals surface area contributed by atoms with E-state index in [4.69, 9.17) is 9.72 Å². The number of benzene rings is 2. The maximum atomic E-state index is 14.4. The van der Waals surface area contributed by atoms with E-state index in [1.165, 1.54) is 17.9 Å². The van der Waals surface area contributed by atoms with Gasteiger partial charge in [0, 0.05) is 50.5 Å². The monoisotopic (exact) mass is 415 g/mol. The summed E-state index contributed by atoms with van der Waals surface area (Å²) >= 11 is 1.74. The van der Waals surface area contributed by atoms with Gasteiger partial charge in [0.1, 0.15) is 16.6 Å². The fourth-order valence-corrected chi connectivity index (χ4v) is 4.92. The minimum Gasteiger partial charge on any atom is -0.497 e. The number of piperazine rings is 1. The first-order valence-electron chi connectivity index (χ1n) is 9.90. The van der Waals surface area contributed by atoms with Crippen LogP contribution in [0.5, 0.6) is 5.75 Å². The number of methoxy groups -OCH3 is 1. The van der Waals surface area contributed by atoms with Gasteiger partial charge in [0.05, 0.1) is 23.9 Å². The van der Waals surface area contributed by atoms with Crippen molar-refractivity contribution in [3.8, 4) is 5.75 Å². The number of rotatable bonds is 7. The number of thiazole rings is 1. The largest absolute Gasteiger partial charge is 0.497 e. The molecule has 0 aliphatic carbocycles. The molecule has 1 unspecified atom stereocenters. The van der Waals surface area contributed by atoms with Crippen LogP contribution in [0.1, 0.15) is 17.0 Å². The van der Waals surface area contributed by atoms with Gasteiger partial charge in [0.2, 0.25) is 0 Å². The summed E-state index contributed by atoms with van der Waals surface area (Å²) in [4.78, 5) is 9.41. The summed E-state index contributed by atoms with van der Waals surface area (Å²) in [6, 6.07) is 13.4. The summed E-state index contributed by atoms with van der Waals surface area (Å²) in [5.74, 6) is 0.280. The van der Waals surface area contributed by atoms with Gasteiger partial charge in [-0.3, -0.25) is 9.80 Å². The van der Waals surface area contributed by atoms with Crippen molar-refractivity contribution in [2.24, 2.45) is 0 Å². The Hall–Kier alpha value is -2.06. The van der Waals surface area contributed by atoms with Crippen molar-refractivity contribution in [3.63, 3.8) is 0 Å². The molecule has 2 heterocycles. The molecule has 1 aliphatic heterocycles. The minimum atomic E-state index is -0.246. The van der Waals surface area contributed by atoms with Crippen LogP contribution in [0.15, 0.2) is 42.5 Å². The molecule has 1 aliphatic rings. The molecule has 2 aromatic carbocycles. The molecule has 1 aromatic heterocycles. The van der Waals surface area contributed by atoms with Crippen molar-refractivity contribution in [1.29, 1.82) is 0 Å². The molecule has 0 radical (unpaired) electrons. The summed E-state index contributed by atoms with van der Waals surface area (Å²) in [7, 11) is 1.54. The van der Waals surface area contributed by atoms with Crippen molar-refractivity contribution in [2.75, 3.05) is 33.4 Å². The summed E-state index contributed by atoms with van der Waals surface area (Å²) in [5, 5.41) is 10.7. The van der Waals surface area contributed by atoms with Crippen molar-refractivity contribution in [1.82, 2.24) is 14.8 Å². The molecule has 29 heavy (non-hydrogen) atoms. The number of aliphatic hydroxyl groups is 1. The molecule has 0 amide bonds. The number of fused-ring (bicyclic) bond motifs is 1. The van der Waals surface area contributed by atoms with Crippen LogP contribution in [0, 0.1) is 5.82 Å². The molecular formula is C22H26FN3O2S. The number of ether oxygens (including phenoxy) is 1. The van der Waals surface area contributed by atoms with Gasteiger partial charge < -0.3 is 9.84 Å². The first-order valence-corrected chi connectivity index (χ1v) is 10.7. The zero-order valence-corrected chi connectivity index (χ0v) is 17.4. The van der Waals surface area contributed by atoms with E-state index in [9.17, 15) is 9.50 Å². The average Bonchev–Trinajstić information content (AvgIpc) is 3.13. The third-order valence-corrected chi connectivity index (χ3v) is 6.50. The number of para-hydroxylation sites is 1. The predicted molar refractivity (Wildman–Crippen MR) is 114 cm³/mol. The first kappa shape index (κ1) is 20.2. The topological polar surface area (TPSA) is 48.8 Å². The Morgan fingerprint density at radius 1 is 1.21 bits per heavy atom. The molecule has 3 aromatic rings. The number of aliphatic hydroxyl groups excluding tert-OH is 1. The third-order valence-electron chi connectivity index (χ3n) is 5.48. The lowest BCUT2D eigenvalue weighted by Crippen LogP contribution is -2.52. The van der Waals surface area contributed by atoms with Gasteiger partial charge in [-0.15, -0.1) is 11.3 Å². The third kappa shape index (κ3) is 4.75. The van der Waals surface area contributed by atoms with Crippen LogP contribution in [-0.2, 0) is 13.1 Å². The summed E-state index contributed by atoms with van der Waals surface area (Å²) in [5.41, 5.74) is 1.71. The van der Waals surface area contributed by atoms with E-state index in [0.717, 1.165) is 36.7 Å². The quantitative estimate of drug-likeness (QED) is 0.640. The normalized spacial score (nSPS) is 18.4. The van der Waals surface area contributed by atoms with Gasteiger partial charge in [-0.1, -0.05) is 18.2 Å². The van der Waals surface area contributed by atoms with E-state index in [1.807, 2.05) is 18.2 Å². The Bertz CT molecular complexity index is 931. The smallest absolute Gasteiger partial charge is 0.131 e. The molecule has 154 valence electrons. The number of hydrogen-bond acceptors (Lipinski definition) is 6. The standard InChI is InChI=1S/C22H26FN3O2S/c1-28-18-7-6-16(19(23)12-18)13-26-10-9-25(14-17(26)8-11-27)15-22-24-20-4-2-3-5-21(20)29-22/h2-7,12,17,27H,8-11,13-15H2,1H3. The van der Waals surface area contributed by atoms with E-state index >= 15 is 0 Å². The molecule has 7 heteroatoms. The van der Waals surface area contributed by atoms with E-state index in [0.29, 0.717) is 24.3 Å². The Morgan fingerprint density at radius 3 is 2.83 bits per heavy atom. The fourth-order valence-electron chi connectivity index (χ4n) is 3.91. The van der Waals surface area contributed by atoms with Crippen molar-refractivity contribution >= 4 is 21.6 Å². The summed E-state index contributed by atoms with van der Waals surface area (Å²) in [6.07, 6.45) is 0.675. The maximum Gasteiger partial charge on any atom is 0.131 e. The molecule has 1 atom stereocenters. The number of halogens is 1. The predicted octanol–water partition coefficient (Wildman–Crippen LogP) is 3.51. The molecule has 1 N–H and O–H groups in total. The highest BCUT2D eigenvalue weighted by Crippen LogP contribution is 2.25. The molecule has 1 fully saturated rings. The van der Waals surface area contributed by atoms with E-state index in [-0.39, 0.29) is 18.5 Å². The van der Waals surface area contributed by atoms with Crippen LogP contribution in [0.4, 0.5) is 4.39 Å². The second-order valence-electron chi connectivity index (χ2n) is 7.40. The first-order chi connectivity index (χ1) is 14.2. The Labute approximate surface area is 174 Å². The summed E-state index contributed by atoms with van der Waals surface area (Å²) < 4.78 is 20.7. The van der Waals surface area contributed by atoms with Gasteiger partial charge >= 0.3 is 0 Å². The number of hydrogen-bond donors (Lipinski definition) is 1. The molecule has 0 spiro atoms. The van der Waals surface area contributed by atoms with Crippen LogP contribution in [0.2, 0.25) is 0 Å². The van der Waals surface area contributed by atoms with Gasteiger partial charge in [-0.2, -0.15) is 0 Å². The highest BCUT2D eigenvalue weighted by Gasteiger charge is 2.28. The summed E-state index contributed by atoms with van der Waals surface area (Å²) in [6.45, 7) is 4.05. The number of nitrogens with zero attached hydrogens (tertiary/aromatic N) is 3. The zero-order valence-electron chi connectivity index (χ0n) is 16.6. The van der Waals surface area contributed by atoms with Gasteiger partial charge in [0.15, 0.2) is 0 Å². The molecule has 1 saturated heterocycles. The van der Waals surface area contributed by atoms with Gasteiger partial charge in [-0.05, 0) is 24.6 Å². The Kier molecular flexibility index (Phi) is 6.40. The second-order valence-corrected chi connectivity index (χ2v) is 8.52. The second kappa shape index (κ2) is 9.17. The Balaban J connectivity index is 1.42. The maximum absolute atomic E-state index is 14.4. The molecule has 0 saturated carbocycles. The average molecular weight is 416 g/mol. The van der Waals surface area contributed by atoms with Crippen LogP contribution in [0.25, 0.3) is 10.2 Å². The van der Waals surface area contributed by atoms with Crippen molar-refractivity contribution < 1.29 is 14.2 Å². The van der Waals surface area contributed by atoms with Crippen molar-refractivity contribution in [2.45, 2.75) is 25.6 Å². The zero-order chi connectivity index (χ0) is 20.2. The van der Waals surface area contributed by atoms with E-state index < -0.39 is 0 Å². The minimum absolute atomic E-state index is 0.126. The molecule has 4 rings (SSSR count). The highest BCUT2D eigenvalue weighted by molar-refractivity contribution is 7.18. The molecule has 5 nitrogen and oxygen atoms in total. The number of aromatic nitrogens is 1. The van der Waals surface area contributed by atoms with Gasteiger partial charge in [0.25, 0.3) is 0 Å². The van der Waals surface area contributed by atoms with Crippen LogP contribution in [0.3, 0.4) is 0 Å². The Morgan fingerprint density at radius 2 is 2.07 bits per heavy atom. The lowest BCUT2D eigenvalue weighted by molar-refractivity contribution is 0.0493. The highest BCUT2D eigenvalue weighted by atomic mass is 32.1. The van der Waals surface area contributed by atoms with Gasteiger partial charge in [-0.25, -0.2) is 9.37 Å². The van der Waals surface area contributed by atoms with Crippen molar-refractivity contribution in [3.05, 3.63) is 58.9 Å². The van der Waals surface area contributed by atoms with E-state index in [1.54, 1.807) is 23.5 Å². The van der Waals surface area contributed by atoms with Crippen LogP contribution < -0.4 is 4.74 Å². The van der Waals surface area contributed by atoms with Crippen LogP contribution >= 0.6 is 11.3 Å².